The minimum Gasteiger partial charge on any atom is -0.444 e. The quantitative estimate of drug-likeness (QED) is 0.201. The third-order valence-corrected chi connectivity index (χ3v) is 9.67. The van der Waals surface area contributed by atoms with Gasteiger partial charge in [0.2, 0.25) is 0 Å². The van der Waals surface area contributed by atoms with Crippen molar-refractivity contribution in [2.75, 3.05) is 62.2 Å². The molecule has 2 aliphatic rings. The van der Waals surface area contributed by atoms with Gasteiger partial charge in [-0.2, -0.15) is 0 Å². The highest BCUT2D eigenvalue weighted by atomic mass is 35.5. The fourth-order valence-corrected chi connectivity index (χ4v) is 7.07. The predicted octanol–water partition coefficient (Wildman–Crippen LogP) is 5.64. The number of rotatable bonds is 6. The van der Waals surface area contributed by atoms with Crippen molar-refractivity contribution < 1.29 is 9.53 Å². The number of benzene rings is 4. The molecule has 0 bridgehead atoms. The monoisotopic (exact) mass is 752 g/mol. The van der Waals surface area contributed by atoms with Crippen molar-refractivity contribution in [2.45, 2.75) is 39.5 Å². The number of anilines is 2. The van der Waals surface area contributed by atoms with Gasteiger partial charge in [0.05, 0.1) is 46.5 Å². The summed E-state index contributed by atoms with van der Waals surface area (Å²) in [6, 6.07) is 32.2. The van der Waals surface area contributed by atoms with Gasteiger partial charge in [-0.15, -0.1) is 12.4 Å². The molecule has 2 fully saturated rings. The van der Waals surface area contributed by atoms with E-state index in [1.54, 1.807) is 9.47 Å². The molecule has 4 aromatic carbocycles. The topological polar surface area (TPSA) is 124 Å². The van der Waals surface area contributed by atoms with Crippen molar-refractivity contribution in [3.05, 3.63) is 129 Å². The number of nitrogens with zero attached hydrogens (tertiary/aromatic N) is 5. The lowest BCUT2D eigenvalue weighted by atomic mass is 10.2. The summed E-state index contributed by atoms with van der Waals surface area (Å²) < 4.78 is 9.07. The smallest absolute Gasteiger partial charge is 0.410 e. The molecule has 6 aromatic rings. The number of fused-ring (bicyclic) bond motifs is 2. The molecule has 3 N–H and O–H groups in total. The predicted molar refractivity (Wildman–Crippen MR) is 219 cm³/mol. The second kappa shape index (κ2) is 16.7. The van der Waals surface area contributed by atoms with Crippen LogP contribution in [-0.2, 0) is 17.8 Å². The Balaban J connectivity index is 0.000000187. The first-order chi connectivity index (χ1) is 25.6. The van der Waals surface area contributed by atoms with Crippen LogP contribution in [0.3, 0.4) is 0 Å². The fraction of sp³-hybridized carbons (Fsp3) is 0.341. The Morgan fingerprint density at radius 1 is 0.611 bits per heavy atom. The molecular weight excluding hydrogens is 704 g/mol. The average Bonchev–Trinajstić information content (AvgIpc) is 3.66. The first kappa shape index (κ1) is 38.3. The van der Waals surface area contributed by atoms with E-state index in [0.29, 0.717) is 39.3 Å². The highest BCUT2D eigenvalue weighted by Crippen LogP contribution is 2.27. The molecule has 4 heterocycles. The summed E-state index contributed by atoms with van der Waals surface area (Å²) in [7, 11) is 0. The maximum atomic E-state index is 12.7. The molecule has 2 aliphatic heterocycles. The Kier molecular flexibility index (Phi) is 11.8. The zero-order chi connectivity index (χ0) is 37.0. The Bertz CT molecular complexity index is 2280. The number of amides is 1. The number of aromatic nitrogens is 4. The number of hydrogen-bond acceptors (Lipinski definition) is 7. The number of carbonyl (C=O) groups excluding carboxylic acids is 1. The number of para-hydroxylation sites is 2. The van der Waals surface area contributed by atoms with Crippen LogP contribution < -0.4 is 26.5 Å². The Morgan fingerprint density at radius 2 is 1.06 bits per heavy atom. The summed E-state index contributed by atoms with van der Waals surface area (Å²) in [5, 5.41) is 3.36. The van der Waals surface area contributed by atoms with E-state index in [1.807, 2.05) is 116 Å². The average molecular weight is 753 g/mol. The van der Waals surface area contributed by atoms with Crippen LogP contribution in [0.4, 0.5) is 16.2 Å². The van der Waals surface area contributed by atoms with Crippen LogP contribution in [0.1, 0.15) is 31.9 Å². The third-order valence-electron chi connectivity index (χ3n) is 9.67. The molecule has 1 amide bonds. The molecule has 0 radical (unpaired) electrons. The van der Waals surface area contributed by atoms with Crippen LogP contribution >= 0.6 is 12.4 Å². The van der Waals surface area contributed by atoms with Crippen LogP contribution in [0.5, 0.6) is 0 Å². The van der Waals surface area contributed by atoms with Crippen molar-refractivity contribution in [1.29, 1.82) is 0 Å². The molecular formula is C41H49ClN8O4. The van der Waals surface area contributed by atoms with Gasteiger partial charge in [-0.25, -0.2) is 14.4 Å². The number of piperazine rings is 2. The summed E-state index contributed by atoms with van der Waals surface area (Å²) in [6.07, 6.45) is -0.275. The second-order valence-electron chi connectivity index (χ2n) is 14.5. The molecule has 0 atom stereocenters. The number of aromatic amines is 2. The lowest BCUT2D eigenvalue weighted by Gasteiger charge is -2.36. The Morgan fingerprint density at radius 3 is 1.50 bits per heavy atom. The van der Waals surface area contributed by atoms with Crippen molar-refractivity contribution >= 4 is 51.9 Å². The van der Waals surface area contributed by atoms with Crippen LogP contribution in [-0.4, -0.2) is 88.1 Å². The van der Waals surface area contributed by atoms with Crippen LogP contribution in [0.25, 0.3) is 22.1 Å². The summed E-state index contributed by atoms with van der Waals surface area (Å²) in [5.74, 6) is 0. The van der Waals surface area contributed by atoms with Crippen LogP contribution in [0.2, 0.25) is 0 Å². The van der Waals surface area contributed by atoms with E-state index in [2.05, 4.69) is 31.2 Å². The third kappa shape index (κ3) is 8.67. The van der Waals surface area contributed by atoms with E-state index >= 15 is 0 Å². The number of carbonyl (C=O) groups is 1. The number of halogens is 1. The largest absolute Gasteiger partial charge is 0.444 e. The number of hydrogen-bond donors (Lipinski definition) is 3. The van der Waals surface area contributed by atoms with Gasteiger partial charge in [-0.05, 0) is 56.2 Å². The number of imidazole rings is 2. The fourth-order valence-electron chi connectivity index (χ4n) is 7.07. The lowest BCUT2D eigenvalue weighted by molar-refractivity contribution is 0.0240. The Labute approximate surface area is 320 Å². The zero-order valence-corrected chi connectivity index (χ0v) is 31.9. The van der Waals surface area contributed by atoms with Gasteiger partial charge in [0.1, 0.15) is 5.60 Å². The molecule has 12 nitrogen and oxygen atoms in total. The van der Waals surface area contributed by atoms with Gasteiger partial charge in [0, 0.05) is 52.4 Å². The van der Waals surface area contributed by atoms with Gasteiger partial charge < -0.3 is 34.7 Å². The van der Waals surface area contributed by atoms with Gasteiger partial charge in [-0.1, -0.05) is 72.8 Å². The SMILES string of the molecule is CC(C)(C)OC(=O)N1CCN(c2cccc3c2[nH]c(=O)n3Cc2ccccc2)CC1.Cl.O=c1[nH]c2c(N3CCNCC3)cccc2n1Cc1ccccc1. The molecule has 0 unspecified atom stereocenters. The summed E-state index contributed by atoms with van der Waals surface area (Å²) in [5.41, 5.74) is 7.28. The zero-order valence-electron chi connectivity index (χ0n) is 31.1. The molecule has 0 spiro atoms. The summed E-state index contributed by atoms with van der Waals surface area (Å²) in [4.78, 5) is 49.8. The normalized spacial score (nSPS) is 14.8. The highest BCUT2D eigenvalue weighted by Gasteiger charge is 2.27. The van der Waals surface area contributed by atoms with E-state index < -0.39 is 5.60 Å². The molecule has 0 aliphatic carbocycles. The minimum atomic E-state index is -0.499. The molecule has 2 saturated heterocycles. The molecule has 54 heavy (non-hydrogen) atoms. The summed E-state index contributed by atoms with van der Waals surface area (Å²) in [6.45, 7) is 13.1. The first-order valence-corrected chi connectivity index (χ1v) is 18.3. The molecule has 284 valence electrons. The Hall–Kier alpha value is -5.46. The molecule has 8 rings (SSSR count). The number of ether oxygens (including phenoxy) is 1. The van der Waals surface area contributed by atoms with Gasteiger partial charge >= 0.3 is 17.5 Å². The maximum absolute atomic E-state index is 12.7. The van der Waals surface area contributed by atoms with E-state index in [0.717, 1.165) is 70.7 Å². The maximum Gasteiger partial charge on any atom is 0.410 e. The molecule has 13 heteroatoms. The van der Waals surface area contributed by atoms with Crippen molar-refractivity contribution in [1.82, 2.24) is 29.3 Å². The van der Waals surface area contributed by atoms with Crippen molar-refractivity contribution in [3.63, 3.8) is 0 Å². The van der Waals surface area contributed by atoms with Crippen LogP contribution in [0, 0.1) is 0 Å². The van der Waals surface area contributed by atoms with Gasteiger partial charge in [0.25, 0.3) is 0 Å². The van der Waals surface area contributed by atoms with Gasteiger partial charge in [0.15, 0.2) is 0 Å². The van der Waals surface area contributed by atoms with Crippen LogP contribution in [0.15, 0.2) is 107 Å². The second-order valence-corrected chi connectivity index (χ2v) is 14.5. The first-order valence-electron chi connectivity index (χ1n) is 18.3. The summed E-state index contributed by atoms with van der Waals surface area (Å²) >= 11 is 0. The van der Waals surface area contributed by atoms with E-state index in [1.165, 1.54) is 0 Å². The highest BCUT2D eigenvalue weighted by molar-refractivity contribution is 5.90. The van der Waals surface area contributed by atoms with E-state index in [9.17, 15) is 14.4 Å². The van der Waals surface area contributed by atoms with Gasteiger partial charge in [-0.3, -0.25) is 9.13 Å². The van der Waals surface area contributed by atoms with E-state index in [-0.39, 0.29) is 29.9 Å². The number of nitrogens with one attached hydrogen (secondary N) is 3. The lowest BCUT2D eigenvalue weighted by Crippen LogP contribution is -2.50. The molecule has 2 aromatic heterocycles. The van der Waals surface area contributed by atoms with Crippen molar-refractivity contribution in [2.24, 2.45) is 0 Å². The standard InChI is InChI=1S/C23H28N4O3.C18H20N4O.ClH/c1-23(2,3)30-22(29)26-14-12-25(13-15-26)18-10-7-11-19-20(18)24-21(28)27(19)16-17-8-5-4-6-9-17;23-18-20-17-15(21-11-9-19-10-12-21)7-4-8-16(17)22(18)13-14-5-2-1-3-6-14;/h4-11H,12-16H2,1-3H3,(H,24,28);1-8,19H,9-13H2,(H,20,23);1H. The minimum absolute atomic E-state index is 0. The van der Waals surface area contributed by atoms with Crippen molar-refractivity contribution in [3.8, 4) is 0 Å². The molecule has 0 saturated carbocycles. The number of H-pyrrole nitrogens is 2. The van der Waals surface area contributed by atoms with E-state index in [4.69, 9.17) is 4.74 Å².